The van der Waals surface area contributed by atoms with Crippen molar-refractivity contribution in [3.63, 3.8) is 0 Å². The summed E-state index contributed by atoms with van der Waals surface area (Å²) < 4.78 is 5.67. The molecular weight excluding hydrogens is 236 g/mol. The lowest BCUT2D eigenvalue weighted by Gasteiger charge is -2.23. The van der Waals surface area contributed by atoms with Crippen LogP contribution in [0.1, 0.15) is 24.8 Å². The van der Waals surface area contributed by atoms with Crippen molar-refractivity contribution < 1.29 is 4.74 Å². The summed E-state index contributed by atoms with van der Waals surface area (Å²) in [7, 11) is 0. The lowest BCUT2D eigenvalue weighted by molar-refractivity contribution is 0.239. The van der Waals surface area contributed by atoms with Gasteiger partial charge in [0.25, 0.3) is 0 Å². The van der Waals surface area contributed by atoms with Gasteiger partial charge in [-0.2, -0.15) is 5.26 Å². The summed E-state index contributed by atoms with van der Waals surface area (Å²) in [5.41, 5.74) is 0.481. The van der Waals surface area contributed by atoms with Crippen LogP contribution in [0.3, 0.4) is 0 Å². The maximum absolute atomic E-state index is 8.76. The van der Waals surface area contributed by atoms with Crippen molar-refractivity contribution >= 4 is 11.6 Å². The number of hydrogen-bond acceptors (Lipinski definition) is 3. The molecule has 2 rings (SSSR count). The predicted molar refractivity (Wildman–Crippen MR) is 67.3 cm³/mol. The number of hydrogen-bond donors (Lipinski definition) is 1. The number of benzene rings is 1. The van der Waals surface area contributed by atoms with Gasteiger partial charge in [-0.15, -0.1) is 0 Å². The van der Waals surface area contributed by atoms with Gasteiger partial charge in [-0.3, -0.25) is 0 Å². The highest BCUT2D eigenvalue weighted by Gasteiger charge is 2.13. The van der Waals surface area contributed by atoms with Gasteiger partial charge >= 0.3 is 0 Å². The Labute approximate surface area is 106 Å². The Morgan fingerprint density at radius 3 is 3.00 bits per heavy atom. The Morgan fingerprint density at radius 2 is 2.35 bits per heavy atom. The first-order valence-electron chi connectivity index (χ1n) is 5.85. The Bertz CT molecular complexity index is 422. The Morgan fingerprint density at radius 1 is 1.47 bits per heavy atom. The summed E-state index contributed by atoms with van der Waals surface area (Å²) in [6, 6.07) is 7.63. The Kier molecular flexibility index (Phi) is 4.24. The number of halogens is 1. The van der Waals surface area contributed by atoms with Crippen molar-refractivity contribution in [3.05, 3.63) is 28.8 Å². The molecule has 1 heterocycles. The van der Waals surface area contributed by atoms with Crippen LogP contribution in [0.5, 0.6) is 5.75 Å². The SMILES string of the molecule is N#Cc1ccc(OCC2CCCCN2)cc1Cl. The largest absolute Gasteiger partial charge is 0.492 e. The van der Waals surface area contributed by atoms with E-state index in [4.69, 9.17) is 21.6 Å². The zero-order chi connectivity index (χ0) is 12.1. The summed E-state index contributed by atoms with van der Waals surface area (Å²) in [4.78, 5) is 0. The molecule has 0 radical (unpaired) electrons. The summed E-state index contributed by atoms with van der Waals surface area (Å²) in [5.74, 6) is 0.723. The number of nitrogens with one attached hydrogen (secondary N) is 1. The molecule has 0 saturated carbocycles. The van der Waals surface area contributed by atoms with E-state index in [1.165, 1.54) is 12.8 Å². The monoisotopic (exact) mass is 250 g/mol. The number of rotatable bonds is 3. The molecule has 0 bridgehead atoms. The highest BCUT2D eigenvalue weighted by Crippen LogP contribution is 2.22. The molecule has 1 aromatic carbocycles. The van der Waals surface area contributed by atoms with Crippen molar-refractivity contribution in [1.82, 2.24) is 5.32 Å². The zero-order valence-corrected chi connectivity index (χ0v) is 10.3. The smallest absolute Gasteiger partial charge is 0.120 e. The van der Waals surface area contributed by atoms with Gasteiger partial charge in [0, 0.05) is 12.1 Å². The molecule has 1 atom stereocenters. The van der Waals surface area contributed by atoms with Gasteiger partial charge in [0.05, 0.1) is 10.6 Å². The predicted octanol–water partition coefficient (Wildman–Crippen LogP) is 2.73. The summed E-state index contributed by atoms with van der Waals surface area (Å²) in [6.45, 7) is 1.73. The van der Waals surface area contributed by atoms with Crippen LogP contribution in [-0.2, 0) is 0 Å². The van der Waals surface area contributed by atoms with E-state index in [2.05, 4.69) is 5.32 Å². The van der Waals surface area contributed by atoms with Gasteiger partial charge < -0.3 is 10.1 Å². The van der Waals surface area contributed by atoms with E-state index in [0.29, 0.717) is 23.2 Å². The van der Waals surface area contributed by atoms with Gasteiger partial charge in [0.2, 0.25) is 0 Å². The quantitative estimate of drug-likeness (QED) is 0.897. The number of nitrogens with zero attached hydrogens (tertiary/aromatic N) is 1. The van der Waals surface area contributed by atoms with Crippen molar-refractivity contribution in [2.45, 2.75) is 25.3 Å². The summed E-state index contributed by atoms with van der Waals surface area (Å²) >= 11 is 5.93. The van der Waals surface area contributed by atoms with Crippen molar-refractivity contribution in [1.29, 1.82) is 5.26 Å². The topological polar surface area (TPSA) is 45.0 Å². The van der Waals surface area contributed by atoms with Crippen molar-refractivity contribution in [2.24, 2.45) is 0 Å². The van der Waals surface area contributed by atoms with E-state index in [0.717, 1.165) is 18.7 Å². The molecule has 1 aliphatic rings. The maximum atomic E-state index is 8.76. The van der Waals surface area contributed by atoms with Gasteiger partial charge in [0.1, 0.15) is 18.4 Å². The number of piperidine rings is 1. The fourth-order valence-corrected chi connectivity index (χ4v) is 2.15. The van der Waals surface area contributed by atoms with E-state index >= 15 is 0 Å². The first-order valence-corrected chi connectivity index (χ1v) is 6.23. The van der Waals surface area contributed by atoms with E-state index in [1.54, 1.807) is 18.2 Å². The molecule has 1 aromatic rings. The van der Waals surface area contributed by atoms with Gasteiger partial charge in [-0.05, 0) is 31.5 Å². The molecule has 4 heteroatoms. The fourth-order valence-electron chi connectivity index (χ4n) is 1.94. The van der Waals surface area contributed by atoms with E-state index in [9.17, 15) is 0 Å². The molecule has 1 aliphatic heterocycles. The van der Waals surface area contributed by atoms with Crippen LogP contribution in [0.4, 0.5) is 0 Å². The standard InChI is InChI=1S/C13H15ClN2O/c14-13-7-12(5-4-10(13)8-15)17-9-11-3-1-2-6-16-11/h4-5,7,11,16H,1-3,6,9H2. The van der Waals surface area contributed by atoms with Crippen molar-refractivity contribution in [2.75, 3.05) is 13.2 Å². The molecule has 0 aromatic heterocycles. The second kappa shape index (κ2) is 5.90. The number of nitriles is 1. The number of ether oxygens (including phenoxy) is 1. The van der Waals surface area contributed by atoms with Crippen LogP contribution in [0, 0.1) is 11.3 Å². The van der Waals surface area contributed by atoms with E-state index < -0.39 is 0 Å². The third-order valence-corrected chi connectivity index (χ3v) is 3.24. The molecular formula is C13H15ClN2O. The van der Waals surface area contributed by atoms with E-state index in [-0.39, 0.29) is 0 Å². The molecule has 1 fully saturated rings. The maximum Gasteiger partial charge on any atom is 0.120 e. The second-order valence-electron chi connectivity index (χ2n) is 4.21. The van der Waals surface area contributed by atoms with Gasteiger partial charge in [-0.25, -0.2) is 0 Å². The van der Waals surface area contributed by atoms with Crippen LogP contribution >= 0.6 is 11.6 Å². The third-order valence-electron chi connectivity index (χ3n) is 2.92. The molecule has 0 aliphatic carbocycles. The van der Waals surface area contributed by atoms with Crippen LogP contribution in [0.25, 0.3) is 0 Å². The Hall–Kier alpha value is -1.24. The molecule has 0 spiro atoms. The average Bonchev–Trinajstić information content (AvgIpc) is 2.38. The van der Waals surface area contributed by atoms with Crippen LogP contribution in [0.2, 0.25) is 5.02 Å². The van der Waals surface area contributed by atoms with Crippen LogP contribution < -0.4 is 10.1 Å². The van der Waals surface area contributed by atoms with Crippen LogP contribution in [0.15, 0.2) is 18.2 Å². The summed E-state index contributed by atoms with van der Waals surface area (Å²) in [5, 5.41) is 12.6. The Balaban J connectivity index is 1.90. The molecule has 1 unspecified atom stereocenters. The minimum atomic E-state index is 0.429. The fraction of sp³-hybridized carbons (Fsp3) is 0.462. The minimum absolute atomic E-state index is 0.429. The second-order valence-corrected chi connectivity index (χ2v) is 4.62. The molecule has 0 amide bonds. The highest BCUT2D eigenvalue weighted by molar-refractivity contribution is 6.31. The van der Waals surface area contributed by atoms with Gasteiger partial charge in [0.15, 0.2) is 0 Å². The summed E-state index contributed by atoms with van der Waals surface area (Å²) in [6.07, 6.45) is 3.67. The first-order chi connectivity index (χ1) is 8.29. The van der Waals surface area contributed by atoms with Crippen LogP contribution in [-0.4, -0.2) is 19.2 Å². The van der Waals surface area contributed by atoms with Crippen molar-refractivity contribution in [3.8, 4) is 11.8 Å². The molecule has 1 N–H and O–H groups in total. The molecule has 17 heavy (non-hydrogen) atoms. The third kappa shape index (κ3) is 3.36. The normalized spacial score (nSPS) is 19.6. The molecule has 90 valence electrons. The van der Waals surface area contributed by atoms with E-state index in [1.807, 2.05) is 6.07 Å². The molecule has 3 nitrogen and oxygen atoms in total. The minimum Gasteiger partial charge on any atom is -0.492 e. The lowest BCUT2D eigenvalue weighted by Crippen LogP contribution is -2.38. The zero-order valence-electron chi connectivity index (χ0n) is 9.58. The molecule has 1 saturated heterocycles. The average molecular weight is 251 g/mol. The lowest BCUT2D eigenvalue weighted by atomic mass is 10.1. The first kappa shape index (κ1) is 12.2. The van der Waals surface area contributed by atoms with Gasteiger partial charge in [-0.1, -0.05) is 18.0 Å². The highest BCUT2D eigenvalue weighted by atomic mass is 35.5.